The molecule has 17 heavy (non-hydrogen) atoms. The highest BCUT2D eigenvalue weighted by Crippen LogP contribution is 2.36. The Kier molecular flexibility index (Phi) is 3.36. The molecule has 6 nitrogen and oxygen atoms in total. The lowest BCUT2D eigenvalue weighted by Crippen LogP contribution is -2.25. The average molecular weight is 239 g/mol. The van der Waals surface area contributed by atoms with Crippen LogP contribution in [0.25, 0.3) is 0 Å². The van der Waals surface area contributed by atoms with E-state index in [2.05, 4.69) is 0 Å². The molecule has 0 bridgehead atoms. The van der Waals surface area contributed by atoms with Crippen molar-refractivity contribution in [3.63, 3.8) is 0 Å². The van der Waals surface area contributed by atoms with Gasteiger partial charge in [0.05, 0.1) is 10.3 Å². The Hall–Kier alpha value is -2.11. The fourth-order valence-electron chi connectivity index (χ4n) is 0.993. The molecule has 0 aliphatic carbocycles. The second-order valence-corrected chi connectivity index (χ2v) is 4.52. The van der Waals surface area contributed by atoms with Crippen molar-refractivity contribution in [1.82, 2.24) is 0 Å². The molecule has 0 atom stereocenters. The van der Waals surface area contributed by atoms with Crippen LogP contribution in [-0.4, -0.2) is 16.0 Å². The van der Waals surface area contributed by atoms with Gasteiger partial charge in [0.15, 0.2) is 5.75 Å². The summed E-state index contributed by atoms with van der Waals surface area (Å²) >= 11 is 0. The second kappa shape index (κ2) is 4.40. The minimum atomic E-state index is -0.753. The monoisotopic (exact) mass is 239 g/mol. The minimum Gasteiger partial charge on any atom is -0.499 e. The van der Waals surface area contributed by atoms with Crippen molar-refractivity contribution in [2.24, 2.45) is 5.41 Å². The van der Waals surface area contributed by atoms with Crippen LogP contribution in [0.4, 0.5) is 5.69 Å². The zero-order chi connectivity index (χ0) is 13.2. The van der Waals surface area contributed by atoms with E-state index in [4.69, 9.17) is 4.74 Å². The molecule has 0 spiro atoms. The third-order valence-corrected chi connectivity index (χ3v) is 1.99. The highest BCUT2D eigenvalue weighted by atomic mass is 16.6. The standard InChI is InChI=1S/C11H13NO5/c1-11(2,3)10(14)17-8-6-4-5-7(9(8)13)12(15)16/h4-6,13H,1-3H3. The Morgan fingerprint density at radius 1 is 1.41 bits per heavy atom. The van der Waals surface area contributed by atoms with E-state index in [1.54, 1.807) is 20.8 Å². The first kappa shape index (κ1) is 13.0. The molecular formula is C11H13NO5. The van der Waals surface area contributed by atoms with Crippen molar-refractivity contribution in [3.05, 3.63) is 28.3 Å². The van der Waals surface area contributed by atoms with Gasteiger partial charge >= 0.3 is 11.7 Å². The summed E-state index contributed by atoms with van der Waals surface area (Å²) in [6, 6.07) is 3.76. The smallest absolute Gasteiger partial charge is 0.316 e. The lowest BCUT2D eigenvalue weighted by atomic mass is 9.97. The van der Waals surface area contributed by atoms with Gasteiger partial charge in [0.1, 0.15) is 0 Å². The summed E-state index contributed by atoms with van der Waals surface area (Å²) in [6.45, 7) is 4.93. The molecule has 92 valence electrons. The summed E-state index contributed by atoms with van der Waals surface area (Å²) in [5, 5.41) is 20.1. The zero-order valence-electron chi connectivity index (χ0n) is 9.76. The number of esters is 1. The summed E-state index contributed by atoms with van der Waals surface area (Å²) in [6.07, 6.45) is 0. The minimum absolute atomic E-state index is 0.209. The van der Waals surface area contributed by atoms with Crippen molar-refractivity contribution in [1.29, 1.82) is 0 Å². The average Bonchev–Trinajstić information content (AvgIpc) is 2.19. The van der Waals surface area contributed by atoms with Gasteiger partial charge < -0.3 is 9.84 Å². The topological polar surface area (TPSA) is 89.7 Å². The van der Waals surface area contributed by atoms with Crippen LogP contribution < -0.4 is 4.74 Å². The number of carbonyl (C=O) groups excluding carboxylic acids is 1. The first-order chi connectivity index (χ1) is 7.73. The highest BCUT2D eigenvalue weighted by Gasteiger charge is 2.26. The summed E-state index contributed by atoms with van der Waals surface area (Å²) in [7, 11) is 0. The fraction of sp³-hybridized carbons (Fsp3) is 0.364. The number of phenolic OH excluding ortho intramolecular Hbond substituents is 1. The molecule has 0 unspecified atom stereocenters. The fourth-order valence-corrected chi connectivity index (χ4v) is 0.993. The van der Waals surface area contributed by atoms with E-state index in [0.29, 0.717) is 0 Å². The van der Waals surface area contributed by atoms with Crippen LogP contribution in [-0.2, 0) is 4.79 Å². The van der Waals surface area contributed by atoms with Gasteiger partial charge in [-0.05, 0) is 26.8 Å². The number of hydrogen-bond acceptors (Lipinski definition) is 5. The lowest BCUT2D eigenvalue weighted by Gasteiger charge is -2.16. The first-order valence-corrected chi connectivity index (χ1v) is 4.92. The predicted octanol–water partition coefficient (Wildman–Crippen LogP) is 2.25. The van der Waals surface area contributed by atoms with E-state index in [1.165, 1.54) is 12.1 Å². The predicted molar refractivity (Wildman–Crippen MR) is 59.9 cm³/mol. The molecular weight excluding hydrogens is 226 g/mol. The number of carbonyl (C=O) groups is 1. The van der Waals surface area contributed by atoms with E-state index < -0.39 is 27.7 Å². The number of phenols is 1. The van der Waals surface area contributed by atoms with Crippen LogP contribution in [0.5, 0.6) is 11.5 Å². The Morgan fingerprint density at radius 2 is 2.00 bits per heavy atom. The summed E-state index contributed by atoms with van der Waals surface area (Å²) in [4.78, 5) is 21.4. The van der Waals surface area contributed by atoms with Crippen molar-refractivity contribution in [2.75, 3.05) is 0 Å². The molecule has 0 heterocycles. The number of benzene rings is 1. The van der Waals surface area contributed by atoms with Crippen LogP contribution in [0.2, 0.25) is 0 Å². The molecule has 1 aromatic rings. The van der Waals surface area contributed by atoms with Crippen molar-refractivity contribution < 1.29 is 19.6 Å². The summed E-state index contributed by atoms with van der Waals surface area (Å²) in [5.74, 6) is -1.43. The van der Waals surface area contributed by atoms with Crippen LogP contribution in [0.1, 0.15) is 20.8 Å². The molecule has 1 N–H and O–H groups in total. The van der Waals surface area contributed by atoms with E-state index in [0.717, 1.165) is 6.07 Å². The number of para-hydroxylation sites is 1. The van der Waals surface area contributed by atoms with Gasteiger partial charge in [0.25, 0.3) is 0 Å². The van der Waals surface area contributed by atoms with Gasteiger partial charge in [-0.25, -0.2) is 0 Å². The molecule has 0 saturated heterocycles. The molecule has 0 fully saturated rings. The van der Waals surface area contributed by atoms with Crippen LogP contribution in [0, 0.1) is 15.5 Å². The normalized spacial score (nSPS) is 11.0. The summed E-state index contributed by atoms with van der Waals surface area (Å²) in [5.41, 5.74) is -1.25. The molecule has 0 aliphatic rings. The Labute approximate surface area is 98.0 Å². The number of rotatable bonds is 2. The number of nitro benzene ring substituents is 1. The maximum Gasteiger partial charge on any atom is 0.316 e. The third-order valence-electron chi connectivity index (χ3n) is 1.99. The van der Waals surface area contributed by atoms with E-state index in [9.17, 15) is 20.0 Å². The van der Waals surface area contributed by atoms with E-state index in [-0.39, 0.29) is 5.75 Å². The molecule has 0 saturated carbocycles. The number of aromatic hydroxyl groups is 1. The molecule has 0 aromatic heterocycles. The molecule has 0 aliphatic heterocycles. The number of hydrogen-bond donors (Lipinski definition) is 1. The molecule has 0 radical (unpaired) electrons. The molecule has 0 amide bonds. The van der Waals surface area contributed by atoms with Gasteiger partial charge in [-0.1, -0.05) is 6.07 Å². The maximum absolute atomic E-state index is 11.6. The van der Waals surface area contributed by atoms with Gasteiger partial charge in [0.2, 0.25) is 5.75 Å². The van der Waals surface area contributed by atoms with Crippen LogP contribution >= 0.6 is 0 Å². The Balaban J connectivity index is 3.05. The van der Waals surface area contributed by atoms with Gasteiger partial charge in [-0.2, -0.15) is 0 Å². The zero-order valence-corrected chi connectivity index (χ0v) is 9.76. The van der Waals surface area contributed by atoms with Gasteiger partial charge in [-0.15, -0.1) is 0 Å². The molecule has 6 heteroatoms. The number of nitrogens with zero attached hydrogens (tertiary/aromatic N) is 1. The second-order valence-electron chi connectivity index (χ2n) is 4.52. The third kappa shape index (κ3) is 2.93. The maximum atomic E-state index is 11.6. The SMILES string of the molecule is CC(C)(C)C(=O)Oc1cccc([N+](=O)[O-])c1O. The highest BCUT2D eigenvalue weighted by molar-refractivity contribution is 5.79. The van der Waals surface area contributed by atoms with Crippen LogP contribution in [0.3, 0.4) is 0 Å². The van der Waals surface area contributed by atoms with Gasteiger partial charge in [-0.3, -0.25) is 14.9 Å². The molecule has 1 rings (SSSR count). The number of ether oxygens (including phenoxy) is 1. The van der Waals surface area contributed by atoms with Crippen molar-refractivity contribution in [2.45, 2.75) is 20.8 Å². The van der Waals surface area contributed by atoms with Crippen LogP contribution in [0.15, 0.2) is 18.2 Å². The Bertz CT molecular complexity index is 461. The lowest BCUT2D eigenvalue weighted by molar-refractivity contribution is -0.385. The van der Waals surface area contributed by atoms with E-state index >= 15 is 0 Å². The van der Waals surface area contributed by atoms with Crippen molar-refractivity contribution >= 4 is 11.7 Å². The first-order valence-electron chi connectivity index (χ1n) is 4.92. The summed E-state index contributed by atoms with van der Waals surface area (Å²) < 4.78 is 4.91. The Morgan fingerprint density at radius 3 is 2.47 bits per heavy atom. The van der Waals surface area contributed by atoms with E-state index in [1.807, 2.05) is 0 Å². The van der Waals surface area contributed by atoms with Gasteiger partial charge in [0, 0.05) is 6.07 Å². The largest absolute Gasteiger partial charge is 0.499 e. The quantitative estimate of drug-likeness (QED) is 0.370. The molecule has 1 aromatic carbocycles. The van der Waals surface area contributed by atoms with Crippen molar-refractivity contribution in [3.8, 4) is 11.5 Å². The number of nitro groups is 1.